The molecule has 0 saturated heterocycles. The minimum Gasteiger partial charge on any atom is -0.469 e. The molecule has 0 rings (SSSR count). The Morgan fingerprint density at radius 1 is 1.14 bits per heavy atom. The van der Waals surface area contributed by atoms with Gasteiger partial charge < -0.3 is 4.74 Å². The lowest BCUT2D eigenvalue weighted by Gasteiger charge is -1.95. The van der Waals surface area contributed by atoms with Crippen LogP contribution >= 0.6 is 0 Å². The van der Waals surface area contributed by atoms with Crippen molar-refractivity contribution in [2.75, 3.05) is 7.11 Å². The number of hydrogen-bond acceptors (Lipinski definition) is 2. The van der Waals surface area contributed by atoms with E-state index in [1.54, 1.807) is 0 Å². The molecule has 0 fully saturated rings. The van der Waals surface area contributed by atoms with Crippen molar-refractivity contribution in [3.05, 3.63) is 12.2 Å². The monoisotopic (exact) mass is 198 g/mol. The van der Waals surface area contributed by atoms with E-state index in [0.29, 0.717) is 6.42 Å². The molecule has 0 aromatic heterocycles. The molecule has 0 aliphatic heterocycles. The summed E-state index contributed by atoms with van der Waals surface area (Å²) < 4.78 is 4.54. The van der Waals surface area contributed by atoms with Crippen LogP contribution < -0.4 is 0 Å². The summed E-state index contributed by atoms with van der Waals surface area (Å²) in [6.07, 6.45) is 11.9. The lowest BCUT2D eigenvalue weighted by Crippen LogP contribution is -1.97. The normalized spacial score (nSPS) is 10.7. The number of rotatable bonds is 8. The molecule has 0 N–H and O–H groups in total. The minimum atomic E-state index is -0.124. The van der Waals surface area contributed by atoms with Crippen LogP contribution in [0.3, 0.4) is 0 Å². The van der Waals surface area contributed by atoms with Gasteiger partial charge in [-0.1, -0.05) is 38.3 Å². The van der Waals surface area contributed by atoms with Gasteiger partial charge in [0.05, 0.1) is 7.11 Å². The average molecular weight is 198 g/mol. The second kappa shape index (κ2) is 10.3. The fourth-order valence-electron chi connectivity index (χ4n) is 1.23. The van der Waals surface area contributed by atoms with E-state index >= 15 is 0 Å². The highest BCUT2D eigenvalue weighted by atomic mass is 16.5. The molecule has 0 saturated carbocycles. The van der Waals surface area contributed by atoms with Crippen molar-refractivity contribution in [2.24, 2.45) is 0 Å². The largest absolute Gasteiger partial charge is 0.469 e. The molecule has 0 radical (unpaired) electrons. The van der Waals surface area contributed by atoms with Crippen LogP contribution in [0.15, 0.2) is 12.2 Å². The van der Waals surface area contributed by atoms with E-state index in [-0.39, 0.29) is 5.97 Å². The summed E-state index contributed by atoms with van der Waals surface area (Å²) in [6.45, 7) is 2.21. The van der Waals surface area contributed by atoms with Crippen molar-refractivity contribution in [2.45, 2.75) is 51.9 Å². The summed E-state index contributed by atoms with van der Waals surface area (Å²) in [4.78, 5) is 10.7. The number of esters is 1. The van der Waals surface area contributed by atoms with Gasteiger partial charge >= 0.3 is 5.97 Å². The molecule has 14 heavy (non-hydrogen) atoms. The number of carbonyl (C=O) groups excluding carboxylic acids is 1. The zero-order chi connectivity index (χ0) is 10.6. The van der Waals surface area contributed by atoms with Crippen molar-refractivity contribution in [1.82, 2.24) is 0 Å². The zero-order valence-corrected chi connectivity index (χ0v) is 9.42. The molecule has 0 aliphatic carbocycles. The second-order valence-corrected chi connectivity index (χ2v) is 3.44. The van der Waals surface area contributed by atoms with E-state index in [0.717, 1.165) is 12.8 Å². The predicted molar refractivity (Wildman–Crippen MR) is 59.1 cm³/mol. The van der Waals surface area contributed by atoms with Crippen molar-refractivity contribution in [1.29, 1.82) is 0 Å². The van der Waals surface area contributed by atoms with E-state index in [9.17, 15) is 4.79 Å². The van der Waals surface area contributed by atoms with Gasteiger partial charge in [0.2, 0.25) is 0 Å². The summed E-state index contributed by atoms with van der Waals surface area (Å²) in [5.41, 5.74) is 0. The maximum atomic E-state index is 10.7. The summed E-state index contributed by atoms with van der Waals surface area (Å²) in [6, 6.07) is 0. The van der Waals surface area contributed by atoms with Gasteiger partial charge in [0.25, 0.3) is 0 Å². The fraction of sp³-hybridized carbons (Fsp3) is 0.750. The Labute approximate surface area is 87.3 Å². The van der Waals surface area contributed by atoms with E-state index in [4.69, 9.17) is 0 Å². The fourth-order valence-corrected chi connectivity index (χ4v) is 1.23. The SMILES string of the molecule is CCCCCCC=CCCC(=O)OC. The van der Waals surface area contributed by atoms with Crippen LogP contribution in [0.2, 0.25) is 0 Å². The van der Waals surface area contributed by atoms with Gasteiger partial charge in [-0.2, -0.15) is 0 Å². The first-order valence-electron chi connectivity index (χ1n) is 5.53. The van der Waals surface area contributed by atoms with Crippen LogP contribution in [0.4, 0.5) is 0 Å². The smallest absolute Gasteiger partial charge is 0.305 e. The number of allylic oxidation sites excluding steroid dienone is 2. The number of unbranched alkanes of at least 4 members (excludes halogenated alkanes) is 4. The third-order valence-corrected chi connectivity index (χ3v) is 2.13. The number of methoxy groups -OCH3 is 1. The first kappa shape index (κ1) is 13.2. The van der Waals surface area contributed by atoms with E-state index < -0.39 is 0 Å². The Balaban J connectivity index is 3.15. The first-order chi connectivity index (χ1) is 6.81. The van der Waals surface area contributed by atoms with Crippen molar-refractivity contribution in [3.8, 4) is 0 Å². The van der Waals surface area contributed by atoms with E-state index in [1.807, 2.05) is 0 Å². The quantitative estimate of drug-likeness (QED) is 0.339. The zero-order valence-electron chi connectivity index (χ0n) is 9.42. The summed E-state index contributed by atoms with van der Waals surface area (Å²) in [7, 11) is 1.43. The third kappa shape index (κ3) is 9.30. The molecule has 2 nitrogen and oxygen atoms in total. The van der Waals surface area contributed by atoms with Crippen molar-refractivity contribution in [3.63, 3.8) is 0 Å². The molecule has 2 heteroatoms. The van der Waals surface area contributed by atoms with E-state index in [1.165, 1.54) is 32.8 Å². The Bertz CT molecular complexity index is 162. The molecule has 0 amide bonds. The molecule has 82 valence electrons. The second-order valence-electron chi connectivity index (χ2n) is 3.44. The molecular weight excluding hydrogens is 176 g/mol. The Kier molecular flexibility index (Phi) is 9.71. The van der Waals surface area contributed by atoms with Gasteiger partial charge in [-0.25, -0.2) is 0 Å². The standard InChI is InChI=1S/C12H22O2/c1-3-4-5-6-7-8-9-10-11-12(13)14-2/h8-9H,3-7,10-11H2,1-2H3. The summed E-state index contributed by atoms with van der Waals surface area (Å²) >= 11 is 0. The van der Waals surface area contributed by atoms with Gasteiger partial charge in [-0.05, 0) is 19.3 Å². The third-order valence-electron chi connectivity index (χ3n) is 2.13. The van der Waals surface area contributed by atoms with Crippen LogP contribution in [0, 0.1) is 0 Å². The number of hydrogen-bond donors (Lipinski definition) is 0. The number of carbonyl (C=O) groups is 1. The van der Waals surface area contributed by atoms with Crippen LogP contribution in [0.5, 0.6) is 0 Å². The van der Waals surface area contributed by atoms with Crippen LogP contribution in [0.1, 0.15) is 51.9 Å². The van der Waals surface area contributed by atoms with Crippen LogP contribution in [-0.2, 0) is 9.53 Å². The first-order valence-corrected chi connectivity index (χ1v) is 5.53. The van der Waals surface area contributed by atoms with Crippen LogP contribution in [0.25, 0.3) is 0 Å². The van der Waals surface area contributed by atoms with Gasteiger partial charge in [0.15, 0.2) is 0 Å². The molecule has 0 aliphatic rings. The maximum Gasteiger partial charge on any atom is 0.305 e. The van der Waals surface area contributed by atoms with Crippen LogP contribution in [-0.4, -0.2) is 13.1 Å². The molecule has 0 heterocycles. The van der Waals surface area contributed by atoms with Gasteiger partial charge in [0, 0.05) is 6.42 Å². The molecule has 0 aromatic carbocycles. The molecule has 0 unspecified atom stereocenters. The van der Waals surface area contributed by atoms with Gasteiger partial charge in [-0.15, -0.1) is 0 Å². The van der Waals surface area contributed by atoms with Crippen molar-refractivity contribution < 1.29 is 9.53 Å². The predicted octanol–water partition coefficient (Wildman–Crippen LogP) is 3.47. The maximum absolute atomic E-state index is 10.7. The highest BCUT2D eigenvalue weighted by Gasteiger charge is 1.95. The number of ether oxygens (including phenoxy) is 1. The molecular formula is C12H22O2. The Morgan fingerprint density at radius 3 is 2.50 bits per heavy atom. The highest BCUT2D eigenvalue weighted by molar-refractivity contribution is 5.69. The minimum absolute atomic E-state index is 0.124. The van der Waals surface area contributed by atoms with Gasteiger partial charge in [0.1, 0.15) is 0 Å². The van der Waals surface area contributed by atoms with Gasteiger partial charge in [-0.3, -0.25) is 4.79 Å². The molecule has 0 bridgehead atoms. The Morgan fingerprint density at radius 2 is 1.86 bits per heavy atom. The lowest BCUT2D eigenvalue weighted by atomic mass is 10.1. The summed E-state index contributed by atoms with van der Waals surface area (Å²) in [5.74, 6) is -0.124. The van der Waals surface area contributed by atoms with Crippen molar-refractivity contribution >= 4 is 5.97 Å². The van der Waals surface area contributed by atoms with E-state index in [2.05, 4.69) is 23.8 Å². The molecule has 0 aromatic rings. The Hall–Kier alpha value is -0.790. The molecule has 0 atom stereocenters. The topological polar surface area (TPSA) is 26.3 Å². The average Bonchev–Trinajstić information content (AvgIpc) is 2.21. The highest BCUT2D eigenvalue weighted by Crippen LogP contribution is 2.03. The molecule has 0 spiro atoms. The lowest BCUT2D eigenvalue weighted by molar-refractivity contribution is -0.140. The summed E-state index contributed by atoms with van der Waals surface area (Å²) in [5, 5.41) is 0.